The Hall–Kier alpha value is -1.91. The van der Waals surface area contributed by atoms with Gasteiger partial charge in [0.05, 0.1) is 20.3 Å². The van der Waals surface area contributed by atoms with E-state index in [1.165, 1.54) is 0 Å². The first kappa shape index (κ1) is 15.5. The van der Waals surface area contributed by atoms with Gasteiger partial charge in [-0.3, -0.25) is 0 Å². The molecule has 0 bridgehead atoms. The van der Waals surface area contributed by atoms with Gasteiger partial charge in [-0.15, -0.1) is 0 Å². The third-order valence-corrected chi connectivity index (χ3v) is 3.33. The number of hydrogen-bond donors (Lipinski definition) is 1. The number of benzene rings is 2. The summed E-state index contributed by atoms with van der Waals surface area (Å²) in [5.41, 5.74) is 7.02. The van der Waals surface area contributed by atoms with Crippen molar-refractivity contribution in [2.24, 2.45) is 5.73 Å². The summed E-state index contributed by atoms with van der Waals surface area (Å²) in [5, 5.41) is 0.668. The number of ether oxygens (including phenoxy) is 3. The second-order valence-corrected chi connectivity index (χ2v) is 4.92. The summed E-state index contributed by atoms with van der Waals surface area (Å²) in [7, 11) is 3.22. The molecule has 1 atom stereocenters. The topological polar surface area (TPSA) is 53.7 Å². The first-order valence-corrected chi connectivity index (χ1v) is 6.87. The number of halogens is 1. The highest BCUT2D eigenvalue weighted by Crippen LogP contribution is 2.28. The molecule has 0 aliphatic rings. The molecule has 0 aliphatic carbocycles. The first-order valence-electron chi connectivity index (χ1n) is 6.50. The molecule has 0 saturated heterocycles. The average molecular weight is 308 g/mol. The maximum Gasteiger partial charge on any atom is 0.124 e. The molecule has 0 amide bonds. The molecular formula is C16H18ClNO3. The van der Waals surface area contributed by atoms with Crippen molar-refractivity contribution in [3.63, 3.8) is 0 Å². The van der Waals surface area contributed by atoms with E-state index in [1.54, 1.807) is 38.5 Å². The highest BCUT2D eigenvalue weighted by molar-refractivity contribution is 6.30. The van der Waals surface area contributed by atoms with Crippen LogP contribution in [0.4, 0.5) is 0 Å². The third kappa shape index (κ3) is 4.03. The highest BCUT2D eigenvalue weighted by atomic mass is 35.5. The van der Waals surface area contributed by atoms with E-state index in [-0.39, 0.29) is 6.04 Å². The maximum absolute atomic E-state index is 6.19. The lowest BCUT2D eigenvalue weighted by molar-refractivity contribution is 0.286. The van der Waals surface area contributed by atoms with E-state index in [0.717, 1.165) is 17.1 Å². The summed E-state index contributed by atoms with van der Waals surface area (Å²) in [5.74, 6) is 2.16. The second kappa shape index (κ2) is 7.20. The Kier molecular flexibility index (Phi) is 5.31. The van der Waals surface area contributed by atoms with Gasteiger partial charge in [0.15, 0.2) is 0 Å². The molecule has 112 valence electrons. The molecule has 0 saturated carbocycles. The maximum atomic E-state index is 6.19. The van der Waals surface area contributed by atoms with E-state index in [1.807, 2.05) is 18.2 Å². The number of hydrogen-bond acceptors (Lipinski definition) is 4. The minimum absolute atomic E-state index is 0.325. The van der Waals surface area contributed by atoms with E-state index < -0.39 is 0 Å². The van der Waals surface area contributed by atoms with Crippen molar-refractivity contribution in [1.82, 2.24) is 0 Å². The van der Waals surface area contributed by atoms with Crippen LogP contribution < -0.4 is 19.9 Å². The number of rotatable bonds is 6. The van der Waals surface area contributed by atoms with Crippen LogP contribution in [0.25, 0.3) is 0 Å². The lowest BCUT2D eigenvalue weighted by Crippen LogP contribution is -2.19. The van der Waals surface area contributed by atoms with Gasteiger partial charge in [-0.25, -0.2) is 0 Å². The first-order chi connectivity index (χ1) is 10.1. The Balaban J connectivity index is 2.08. The normalized spacial score (nSPS) is 11.8. The van der Waals surface area contributed by atoms with Crippen molar-refractivity contribution < 1.29 is 14.2 Å². The van der Waals surface area contributed by atoms with Crippen LogP contribution in [0.15, 0.2) is 42.5 Å². The molecule has 21 heavy (non-hydrogen) atoms. The number of nitrogens with two attached hydrogens (primary N) is 1. The molecule has 2 aromatic carbocycles. The van der Waals surface area contributed by atoms with Gasteiger partial charge in [0.2, 0.25) is 0 Å². The molecular weight excluding hydrogens is 290 g/mol. The largest absolute Gasteiger partial charge is 0.497 e. The van der Waals surface area contributed by atoms with Crippen molar-refractivity contribution in [3.8, 4) is 17.2 Å². The Morgan fingerprint density at radius 1 is 1.00 bits per heavy atom. The number of methoxy groups -OCH3 is 2. The van der Waals surface area contributed by atoms with Crippen molar-refractivity contribution >= 4 is 11.6 Å². The predicted molar refractivity (Wildman–Crippen MR) is 83.4 cm³/mol. The van der Waals surface area contributed by atoms with Gasteiger partial charge in [0.25, 0.3) is 0 Å². The van der Waals surface area contributed by atoms with Crippen LogP contribution in [0, 0.1) is 0 Å². The van der Waals surface area contributed by atoms with E-state index in [9.17, 15) is 0 Å². The van der Waals surface area contributed by atoms with Crippen LogP contribution in [0.5, 0.6) is 17.2 Å². The van der Waals surface area contributed by atoms with Crippen LogP contribution in [0.2, 0.25) is 5.02 Å². The Morgan fingerprint density at radius 3 is 2.29 bits per heavy atom. The third-order valence-electron chi connectivity index (χ3n) is 3.08. The molecule has 4 nitrogen and oxygen atoms in total. The molecule has 0 heterocycles. The van der Waals surface area contributed by atoms with Crippen molar-refractivity contribution in [1.29, 1.82) is 0 Å². The van der Waals surface area contributed by atoms with E-state index in [0.29, 0.717) is 17.4 Å². The van der Waals surface area contributed by atoms with Gasteiger partial charge >= 0.3 is 0 Å². The van der Waals surface area contributed by atoms with Gasteiger partial charge in [-0.2, -0.15) is 0 Å². The summed E-state index contributed by atoms with van der Waals surface area (Å²) in [4.78, 5) is 0. The summed E-state index contributed by atoms with van der Waals surface area (Å²) < 4.78 is 16.2. The molecule has 2 rings (SSSR count). The fourth-order valence-corrected chi connectivity index (χ4v) is 2.06. The summed E-state index contributed by atoms with van der Waals surface area (Å²) >= 11 is 5.83. The molecule has 2 aromatic rings. The monoisotopic (exact) mass is 307 g/mol. The zero-order valence-electron chi connectivity index (χ0n) is 12.0. The van der Waals surface area contributed by atoms with Gasteiger partial charge < -0.3 is 19.9 Å². The van der Waals surface area contributed by atoms with Crippen LogP contribution in [0.3, 0.4) is 0 Å². The Morgan fingerprint density at radius 2 is 1.67 bits per heavy atom. The van der Waals surface area contributed by atoms with Crippen LogP contribution in [0.1, 0.15) is 11.6 Å². The molecule has 5 heteroatoms. The summed E-state index contributed by atoms with van der Waals surface area (Å²) in [6, 6.07) is 12.3. The standard InChI is InChI=1S/C16H18ClNO3/c1-19-13-7-8-16(20-2)14(9-13)15(18)10-21-12-5-3-11(17)4-6-12/h3-9,15H,10,18H2,1-2H3. The lowest BCUT2D eigenvalue weighted by Gasteiger charge is -2.17. The molecule has 0 aromatic heterocycles. The minimum Gasteiger partial charge on any atom is -0.497 e. The van der Waals surface area contributed by atoms with Gasteiger partial charge in [-0.05, 0) is 42.5 Å². The molecule has 0 spiro atoms. The van der Waals surface area contributed by atoms with Gasteiger partial charge in [0, 0.05) is 10.6 Å². The van der Waals surface area contributed by atoms with E-state index >= 15 is 0 Å². The lowest BCUT2D eigenvalue weighted by atomic mass is 10.1. The van der Waals surface area contributed by atoms with Crippen molar-refractivity contribution in [2.75, 3.05) is 20.8 Å². The van der Waals surface area contributed by atoms with Crippen LogP contribution in [-0.4, -0.2) is 20.8 Å². The fourth-order valence-electron chi connectivity index (χ4n) is 1.94. The smallest absolute Gasteiger partial charge is 0.124 e. The minimum atomic E-state index is -0.328. The van der Waals surface area contributed by atoms with Crippen LogP contribution >= 0.6 is 11.6 Å². The van der Waals surface area contributed by atoms with Crippen LogP contribution in [-0.2, 0) is 0 Å². The Bertz CT molecular complexity index is 587. The molecule has 0 radical (unpaired) electrons. The van der Waals surface area contributed by atoms with Gasteiger partial charge in [-0.1, -0.05) is 11.6 Å². The fraction of sp³-hybridized carbons (Fsp3) is 0.250. The van der Waals surface area contributed by atoms with Gasteiger partial charge in [0.1, 0.15) is 23.9 Å². The molecule has 1 unspecified atom stereocenters. The highest BCUT2D eigenvalue weighted by Gasteiger charge is 2.14. The molecule has 0 fully saturated rings. The quantitative estimate of drug-likeness (QED) is 0.888. The zero-order valence-corrected chi connectivity index (χ0v) is 12.8. The molecule has 0 aliphatic heterocycles. The summed E-state index contributed by atoms with van der Waals surface area (Å²) in [6.07, 6.45) is 0. The zero-order chi connectivity index (χ0) is 15.2. The SMILES string of the molecule is COc1ccc(OC)c(C(N)COc2ccc(Cl)cc2)c1. The van der Waals surface area contributed by atoms with Crippen molar-refractivity contribution in [2.45, 2.75) is 6.04 Å². The predicted octanol–water partition coefficient (Wildman–Crippen LogP) is 3.44. The Labute approximate surface area is 129 Å². The van der Waals surface area contributed by atoms with Crippen molar-refractivity contribution in [3.05, 3.63) is 53.1 Å². The second-order valence-electron chi connectivity index (χ2n) is 4.48. The van der Waals surface area contributed by atoms with E-state index in [4.69, 9.17) is 31.5 Å². The van der Waals surface area contributed by atoms with E-state index in [2.05, 4.69) is 0 Å². The average Bonchev–Trinajstić information content (AvgIpc) is 2.53. The molecule has 2 N–H and O–H groups in total. The summed E-state index contributed by atoms with van der Waals surface area (Å²) in [6.45, 7) is 0.325.